The molecule has 0 radical (unpaired) electrons. The highest BCUT2D eigenvalue weighted by molar-refractivity contribution is 7.10. The smallest absolute Gasteiger partial charge is 0.159 e. The molecule has 1 unspecified atom stereocenters. The van der Waals surface area contributed by atoms with Gasteiger partial charge in [0.05, 0.1) is 6.04 Å². The minimum absolute atomic E-state index is 0.0701. The van der Waals surface area contributed by atoms with Crippen LogP contribution in [0.15, 0.2) is 35.7 Å². The number of thiophene rings is 1. The molecule has 18 heavy (non-hydrogen) atoms. The number of Topliss-reactive ketones (excluding diaryl/α,β-unsaturated/α-hetero) is 1. The van der Waals surface area contributed by atoms with Crippen molar-refractivity contribution >= 4 is 17.1 Å². The topological polar surface area (TPSA) is 43.1 Å². The van der Waals surface area contributed by atoms with E-state index >= 15 is 0 Å². The van der Waals surface area contributed by atoms with Crippen LogP contribution in [0, 0.1) is 13.8 Å². The van der Waals surface area contributed by atoms with E-state index in [4.69, 9.17) is 5.73 Å². The lowest BCUT2D eigenvalue weighted by Gasteiger charge is -2.09. The predicted molar refractivity (Wildman–Crippen MR) is 75.9 cm³/mol. The first-order chi connectivity index (χ1) is 8.58. The SMILES string of the molecule is Cc1ccc(CC(=O)C(N)c2cccs2)cc1C. The lowest BCUT2D eigenvalue weighted by molar-refractivity contribution is -0.119. The second kappa shape index (κ2) is 5.46. The monoisotopic (exact) mass is 259 g/mol. The van der Waals surface area contributed by atoms with Gasteiger partial charge in [0.2, 0.25) is 0 Å². The molecule has 0 aliphatic heterocycles. The van der Waals surface area contributed by atoms with E-state index in [0.717, 1.165) is 10.4 Å². The van der Waals surface area contributed by atoms with Gasteiger partial charge >= 0.3 is 0 Å². The summed E-state index contributed by atoms with van der Waals surface area (Å²) in [5.74, 6) is 0.0701. The molecule has 0 amide bonds. The Bertz CT molecular complexity index is 546. The Hall–Kier alpha value is -1.45. The Balaban J connectivity index is 2.09. The Labute approximate surface area is 111 Å². The van der Waals surface area contributed by atoms with Crippen molar-refractivity contribution in [3.8, 4) is 0 Å². The summed E-state index contributed by atoms with van der Waals surface area (Å²) in [6.07, 6.45) is 0.403. The number of nitrogens with two attached hydrogens (primary N) is 1. The van der Waals surface area contributed by atoms with E-state index in [9.17, 15) is 4.79 Å². The summed E-state index contributed by atoms with van der Waals surface area (Å²) in [6, 6.07) is 9.45. The molecule has 0 bridgehead atoms. The average molecular weight is 259 g/mol. The van der Waals surface area contributed by atoms with Crippen LogP contribution in [0.1, 0.15) is 27.6 Å². The molecule has 0 fully saturated rings. The zero-order valence-corrected chi connectivity index (χ0v) is 11.5. The van der Waals surface area contributed by atoms with Gasteiger partial charge in [-0.15, -0.1) is 11.3 Å². The van der Waals surface area contributed by atoms with E-state index < -0.39 is 6.04 Å². The van der Waals surface area contributed by atoms with Crippen molar-refractivity contribution in [2.75, 3.05) is 0 Å². The van der Waals surface area contributed by atoms with Crippen LogP contribution in [0.4, 0.5) is 0 Å². The molecule has 3 heteroatoms. The Morgan fingerprint density at radius 1 is 1.28 bits per heavy atom. The number of ketones is 1. The molecular weight excluding hydrogens is 242 g/mol. The van der Waals surface area contributed by atoms with Crippen molar-refractivity contribution in [3.05, 3.63) is 57.3 Å². The number of aryl methyl sites for hydroxylation is 2. The molecule has 94 valence electrons. The molecule has 2 nitrogen and oxygen atoms in total. The van der Waals surface area contributed by atoms with E-state index in [1.807, 2.05) is 23.6 Å². The maximum atomic E-state index is 12.1. The first kappa shape index (κ1) is 13.0. The fourth-order valence-electron chi connectivity index (χ4n) is 1.85. The first-order valence-corrected chi connectivity index (χ1v) is 6.83. The third kappa shape index (κ3) is 2.86. The molecule has 1 aromatic carbocycles. The molecule has 0 saturated heterocycles. The quantitative estimate of drug-likeness (QED) is 0.916. The zero-order chi connectivity index (χ0) is 13.1. The van der Waals surface area contributed by atoms with Crippen molar-refractivity contribution < 1.29 is 4.79 Å². The molecule has 0 aliphatic rings. The third-order valence-electron chi connectivity index (χ3n) is 3.15. The van der Waals surface area contributed by atoms with Gasteiger partial charge in [-0.05, 0) is 42.0 Å². The van der Waals surface area contributed by atoms with Gasteiger partial charge in [-0.2, -0.15) is 0 Å². The molecule has 0 aliphatic carbocycles. The lowest BCUT2D eigenvalue weighted by Crippen LogP contribution is -2.22. The largest absolute Gasteiger partial charge is 0.317 e. The summed E-state index contributed by atoms with van der Waals surface area (Å²) in [4.78, 5) is 13.0. The predicted octanol–water partition coefficient (Wildman–Crippen LogP) is 3.18. The number of carbonyl (C=O) groups excluding carboxylic acids is 1. The fourth-order valence-corrected chi connectivity index (χ4v) is 2.60. The van der Waals surface area contributed by atoms with Gasteiger partial charge < -0.3 is 5.73 Å². The standard InChI is InChI=1S/C15H17NOS/c1-10-5-6-12(8-11(10)2)9-13(17)15(16)14-4-3-7-18-14/h3-8,15H,9,16H2,1-2H3. The highest BCUT2D eigenvalue weighted by Crippen LogP contribution is 2.19. The second-order valence-corrected chi connectivity index (χ2v) is 5.53. The molecule has 1 aromatic heterocycles. The van der Waals surface area contributed by atoms with Crippen LogP contribution in [0.5, 0.6) is 0 Å². The summed E-state index contributed by atoms with van der Waals surface area (Å²) >= 11 is 1.53. The highest BCUT2D eigenvalue weighted by atomic mass is 32.1. The highest BCUT2D eigenvalue weighted by Gasteiger charge is 2.16. The maximum Gasteiger partial charge on any atom is 0.159 e. The van der Waals surface area contributed by atoms with E-state index in [0.29, 0.717) is 6.42 Å². The van der Waals surface area contributed by atoms with Gasteiger partial charge in [-0.1, -0.05) is 24.3 Å². The minimum Gasteiger partial charge on any atom is -0.317 e. The minimum atomic E-state index is -0.494. The van der Waals surface area contributed by atoms with E-state index in [1.165, 1.54) is 22.5 Å². The first-order valence-electron chi connectivity index (χ1n) is 5.96. The molecule has 2 rings (SSSR count). The molecule has 1 heterocycles. The molecular formula is C15H17NOS. The van der Waals surface area contributed by atoms with E-state index in [2.05, 4.69) is 26.0 Å². The zero-order valence-electron chi connectivity index (χ0n) is 10.6. The molecule has 1 atom stereocenters. The van der Waals surface area contributed by atoms with Crippen LogP contribution in [-0.2, 0) is 11.2 Å². The van der Waals surface area contributed by atoms with Gasteiger partial charge in [0.1, 0.15) is 0 Å². The number of carbonyl (C=O) groups is 1. The van der Waals surface area contributed by atoms with Gasteiger partial charge in [-0.3, -0.25) is 4.79 Å². The Morgan fingerprint density at radius 3 is 2.67 bits per heavy atom. The van der Waals surface area contributed by atoms with E-state index in [-0.39, 0.29) is 5.78 Å². The van der Waals surface area contributed by atoms with Crippen LogP contribution in [0.3, 0.4) is 0 Å². The maximum absolute atomic E-state index is 12.1. The van der Waals surface area contributed by atoms with Crippen molar-refractivity contribution in [2.24, 2.45) is 5.73 Å². The summed E-state index contributed by atoms with van der Waals surface area (Å²) in [6.45, 7) is 4.13. The van der Waals surface area contributed by atoms with Crippen LogP contribution < -0.4 is 5.73 Å². The number of hydrogen-bond donors (Lipinski definition) is 1. The number of rotatable bonds is 4. The van der Waals surface area contributed by atoms with Crippen molar-refractivity contribution in [1.82, 2.24) is 0 Å². The van der Waals surface area contributed by atoms with Crippen LogP contribution >= 0.6 is 11.3 Å². The van der Waals surface area contributed by atoms with Crippen LogP contribution in [-0.4, -0.2) is 5.78 Å². The Kier molecular flexibility index (Phi) is 3.94. The summed E-state index contributed by atoms with van der Waals surface area (Å²) in [5, 5.41) is 1.94. The number of hydrogen-bond acceptors (Lipinski definition) is 3. The lowest BCUT2D eigenvalue weighted by atomic mass is 9.99. The second-order valence-electron chi connectivity index (χ2n) is 4.55. The van der Waals surface area contributed by atoms with E-state index in [1.54, 1.807) is 0 Å². The van der Waals surface area contributed by atoms with Crippen LogP contribution in [0.2, 0.25) is 0 Å². The summed E-state index contributed by atoms with van der Waals surface area (Å²) in [5.41, 5.74) is 9.45. The summed E-state index contributed by atoms with van der Waals surface area (Å²) < 4.78 is 0. The molecule has 0 saturated carbocycles. The van der Waals surface area contributed by atoms with Gasteiger partial charge in [-0.25, -0.2) is 0 Å². The molecule has 0 spiro atoms. The van der Waals surface area contributed by atoms with Crippen molar-refractivity contribution in [2.45, 2.75) is 26.3 Å². The van der Waals surface area contributed by atoms with Gasteiger partial charge in [0, 0.05) is 11.3 Å². The normalized spacial score (nSPS) is 12.4. The van der Waals surface area contributed by atoms with Crippen molar-refractivity contribution in [3.63, 3.8) is 0 Å². The average Bonchev–Trinajstić information content (AvgIpc) is 2.86. The van der Waals surface area contributed by atoms with Crippen molar-refractivity contribution in [1.29, 1.82) is 0 Å². The molecule has 2 N–H and O–H groups in total. The van der Waals surface area contributed by atoms with Crippen LogP contribution in [0.25, 0.3) is 0 Å². The van der Waals surface area contributed by atoms with Gasteiger partial charge in [0.25, 0.3) is 0 Å². The fraction of sp³-hybridized carbons (Fsp3) is 0.267. The molecule has 2 aromatic rings. The summed E-state index contributed by atoms with van der Waals surface area (Å²) in [7, 11) is 0. The number of benzene rings is 1. The van der Waals surface area contributed by atoms with Gasteiger partial charge in [0.15, 0.2) is 5.78 Å². The third-order valence-corrected chi connectivity index (χ3v) is 4.10. The Morgan fingerprint density at radius 2 is 2.06 bits per heavy atom.